The van der Waals surface area contributed by atoms with Crippen LogP contribution in [0.3, 0.4) is 0 Å². The van der Waals surface area contributed by atoms with Gasteiger partial charge in [0.25, 0.3) is 0 Å². The van der Waals surface area contributed by atoms with E-state index in [4.69, 9.17) is 18.5 Å². The van der Waals surface area contributed by atoms with Crippen LogP contribution in [0.15, 0.2) is 97.2 Å². The maximum absolute atomic E-state index is 12.7. The van der Waals surface area contributed by atoms with Gasteiger partial charge in [0.1, 0.15) is 19.8 Å². The molecule has 1 unspecified atom stereocenters. The van der Waals surface area contributed by atoms with Gasteiger partial charge in [-0.25, -0.2) is 4.57 Å². The van der Waals surface area contributed by atoms with Gasteiger partial charge >= 0.3 is 19.8 Å². The number of phosphoric acid groups is 1. The van der Waals surface area contributed by atoms with Crippen molar-refractivity contribution in [3.63, 3.8) is 0 Å². The topological polar surface area (TPSA) is 129 Å². The van der Waals surface area contributed by atoms with E-state index >= 15 is 0 Å². The number of hydrogen-bond acceptors (Lipinski definition) is 8. The first-order chi connectivity index (χ1) is 28.4. The maximum atomic E-state index is 12.7. The summed E-state index contributed by atoms with van der Waals surface area (Å²) < 4.78 is 34.1. The lowest BCUT2D eigenvalue weighted by molar-refractivity contribution is -0.870. The van der Waals surface area contributed by atoms with Crippen LogP contribution in [-0.2, 0) is 32.7 Å². The molecular formula is C48H81NO9P+. The Morgan fingerprint density at radius 2 is 1.03 bits per heavy atom. The molecule has 0 aliphatic carbocycles. The van der Waals surface area contributed by atoms with Crippen LogP contribution < -0.4 is 0 Å². The van der Waals surface area contributed by atoms with Gasteiger partial charge in [0, 0.05) is 12.8 Å². The summed E-state index contributed by atoms with van der Waals surface area (Å²) in [6.45, 7) is 3.94. The summed E-state index contributed by atoms with van der Waals surface area (Å²) in [6.07, 6.45) is 48.4. The second-order valence-electron chi connectivity index (χ2n) is 15.5. The number of carbonyl (C=O) groups excluding carboxylic acids is 2. The van der Waals surface area contributed by atoms with Crippen molar-refractivity contribution in [2.24, 2.45) is 0 Å². The lowest BCUT2D eigenvalue weighted by Gasteiger charge is -2.24. The molecule has 3 atom stereocenters. The third-order valence-corrected chi connectivity index (χ3v) is 9.73. The molecule has 0 aromatic heterocycles. The van der Waals surface area contributed by atoms with Crippen LogP contribution in [0.25, 0.3) is 0 Å². The molecule has 0 aliphatic heterocycles. The first-order valence-corrected chi connectivity index (χ1v) is 23.5. The largest absolute Gasteiger partial charge is 0.472 e. The number of carbonyl (C=O) groups is 2. The molecule has 0 bridgehead atoms. The molecule has 0 saturated heterocycles. The lowest BCUT2D eigenvalue weighted by Crippen LogP contribution is -2.37. The monoisotopic (exact) mass is 847 g/mol. The van der Waals surface area contributed by atoms with E-state index in [1.807, 2.05) is 40.2 Å². The number of phosphoric ester groups is 1. The molecule has 10 nitrogen and oxygen atoms in total. The average Bonchev–Trinajstić information content (AvgIpc) is 3.19. The highest BCUT2D eigenvalue weighted by atomic mass is 31.2. The zero-order valence-corrected chi connectivity index (χ0v) is 38.2. The molecule has 336 valence electrons. The van der Waals surface area contributed by atoms with Gasteiger partial charge in [0.05, 0.1) is 33.9 Å². The van der Waals surface area contributed by atoms with Crippen molar-refractivity contribution in [1.29, 1.82) is 0 Å². The van der Waals surface area contributed by atoms with Gasteiger partial charge in [-0.15, -0.1) is 0 Å². The fourth-order valence-electron chi connectivity index (χ4n) is 5.09. The Morgan fingerprint density at radius 3 is 1.49 bits per heavy atom. The van der Waals surface area contributed by atoms with E-state index < -0.39 is 32.5 Å². The normalized spacial score (nSPS) is 15.0. The predicted octanol–water partition coefficient (Wildman–Crippen LogP) is 11.5. The van der Waals surface area contributed by atoms with Crippen LogP contribution >= 0.6 is 7.82 Å². The Balaban J connectivity index is 4.58. The number of unbranched alkanes of at least 4 members (excludes halogenated alkanes) is 5. The standard InChI is InChI=1S/C48H80NO9P/c1-6-8-9-10-11-12-13-14-15-16-17-22-25-28-31-34-37-40-48(52)58-46(44-57-59(53,54)56-42-41-49(3,4)5)43-55-47(51)39-36-33-30-27-24-21-19-18-20-23-26-29-32-35-38-45(50)7-2/h11-12,14-15,17,19-23,27-32,45-46,50H,6-10,13,16,18,24-26,33-44H2,1-5H3/p+1/b12-11-,15-14-,21-19-,22-17-,23-20-,30-27-,31-28-,32-29-/t45-,46+/m0/s1. The molecule has 0 aromatic carbocycles. The minimum Gasteiger partial charge on any atom is -0.462 e. The molecule has 0 aliphatic rings. The number of ether oxygens (including phenoxy) is 2. The van der Waals surface area contributed by atoms with E-state index in [0.717, 1.165) is 64.2 Å². The zero-order chi connectivity index (χ0) is 43.7. The number of esters is 2. The van der Waals surface area contributed by atoms with Gasteiger partial charge in [0.2, 0.25) is 0 Å². The van der Waals surface area contributed by atoms with Crippen molar-refractivity contribution in [1.82, 2.24) is 0 Å². The number of aliphatic hydroxyl groups is 1. The van der Waals surface area contributed by atoms with Gasteiger partial charge < -0.3 is 24.0 Å². The van der Waals surface area contributed by atoms with Crippen molar-refractivity contribution in [3.05, 3.63) is 97.2 Å². The summed E-state index contributed by atoms with van der Waals surface area (Å²) in [7, 11) is 1.37. The van der Waals surface area contributed by atoms with Crippen molar-refractivity contribution < 1.29 is 47.2 Å². The smallest absolute Gasteiger partial charge is 0.462 e. The van der Waals surface area contributed by atoms with E-state index in [-0.39, 0.29) is 32.2 Å². The molecule has 0 rings (SSSR count). The number of allylic oxidation sites excluding steroid dienone is 16. The predicted molar refractivity (Wildman–Crippen MR) is 244 cm³/mol. The molecule has 0 saturated carbocycles. The first-order valence-electron chi connectivity index (χ1n) is 22.0. The fraction of sp³-hybridized carbons (Fsp3) is 0.625. The molecule has 0 spiro atoms. The van der Waals surface area contributed by atoms with Gasteiger partial charge in [-0.1, -0.05) is 124 Å². The minimum absolute atomic E-state index is 0.00165. The summed E-state index contributed by atoms with van der Waals surface area (Å²) in [4.78, 5) is 35.3. The molecule has 2 N–H and O–H groups in total. The van der Waals surface area contributed by atoms with E-state index in [0.29, 0.717) is 36.7 Å². The number of hydrogen-bond donors (Lipinski definition) is 2. The van der Waals surface area contributed by atoms with Gasteiger partial charge in [0.15, 0.2) is 6.10 Å². The quantitative estimate of drug-likeness (QED) is 0.0205. The van der Waals surface area contributed by atoms with Crippen molar-refractivity contribution >= 4 is 19.8 Å². The second-order valence-corrected chi connectivity index (χ2v) is 17.0. The summed E-state index contributed by atoms with van der Waals surface area (Å²) in [5, 5.41) is 9.57. The average molecular weight is 847 g/mol. The van der Waals surface area contributed by atoms with Crippen LogP contribution in [0.5, 0.6) is 0 Å². The highest BCUT2D eigenvalue weighted by Gasteiger charge is 2.27. The third kappa shape index (κ3) is 42.8. The molecular weight excluding hydrogens is 766 g/mol. The first kappa shape index (κ1) is 55.9. The summed E-state index contributed by atoms with van der Waals surface area (Å²) in [6, 6.07) is 0. The van der Waals surface area contributed by atoms with E-state index in [2.05, 4.69) is 92.0 Å². The Kier molecular flexibility index (Phi) is 37.0. The van der Waals surface area contributed by atoms with Crippen LogP contribution in [0.4, 0.5) is 0 Å². The third-order valence-electron chi connectivity index (χ3n) is 8.75. The lowest BCUT2D eigenvalue weighted by atomic mass is 10.1. The molecule has 59 heavy (non-hydrogen) atoms. The van der Waals surface area contributed by atoms with Gasteiger partial charge in [-0.05, 0) is 96.3 Å². The van der Waals surface area contributed by atoms with Gasteiger partial charge in [-0.3, -0.25) is 18.6 Å². The Morgan fingerprint density at radius 1 is 0.593 bits per heavy atom. The number of rotatable bonds is 38. The SMILES string of the molecule is CCCCC/C=C\C/C=C\C/C=C\C/C=C\CCCC(=O)O[C@H](COC(=O)CCC/C=C\C/C=C\C/C=C\C/C=C\CC[C@@H](O)CC)COP(=O)(O)OCC[N+](C)(C)C. The summed E-state index contributed by atoms with van der Waals surface area (Å²) >= 11 is 0. The minimum atomic E-state index is -4.42. The van der Waals surface area contributed by atoms with Gasteiger partial charge in [-0.2, -0.15) is 0 Å². The van der Waals surface area contributed by atoms with Crippen molar-refractivity contribution in [2.75, 3.05) is 47.5 Å². The molecule has 0 fully saturated rings. The Labute approximate surface area is 358 Å². The highest BCUT2D eigenvalue weighted by molar-refractivity contribution is 7.47. The zero-order valence-electron chi connectivity index (χ0n) is 37.3. The van der Waals surface area contributed by atoms with Crippen molar-refractivity contribution in [2.45, 2.75) is 148 Å². The number of aliphatic hydroxyl groups excluding tert-OH is 1. The van der Waals surface area contributed by atoms with Crippen LogP contribution in [0, 0.1) is 0 Å². The number of quaternary nitrogens is 1. The Hall–Kier alpha value is -3.11. The molecule has 0 amide bonds. The molecule has 0 heterocycles. The molecule has 11 heteroatoms. The van der Waals surface area contributed by atoms with Crippen LogP contribution in [0.1, 0.15) is 136 Å². The van der Waals surface area contributed by atoms with Crippen LogP contribution in [0.2, 0.25) is 0 Å². The van der Waals surface area contributed by atoms with E-state index in [9.17, 15) is 24.2 Å². The summed E-state index contributed by atoms with van der Waals surface area (Å²) in [5.74, 6) is -0.960. The maximum Gasteiger partial charge on any atom is 0.472 e. The number of likely N-dealkylation sites (N-methyl/N-ethyl adjacent to an activating group) is 1. The number of nitrogens with zero attached hydrogens (tertiary/aromatic N) is 1. The fourth-order valence-corrected chi connectivity index (χ4v) is 5.84. The van der Waals surface area contributed by atoms with E-state index in [1.54, 1.807) is 0 Å². The molecule has 0 radical (unpaired) electrons. The molecule has 0 aromatic rings. The van der Waals surface area contributed by atoms with E-state index in [1.165, 1.54) is 19.3 Å². The summed E-state index contributed by atoms with van der Waals surface area (Å²) in [5.41, 5.74) is 0. The van der Waals surface area contributed by atoms with Crippen molar-refractivity contribution in [3.8, 4) is 0 Å². The highest BCUT2D eigenvalue weighted by Crippen LogP contribution is 2.43. The Bertz CT molecular complexity index is 1340. The second kappa shape index (κ2) is 39.1. The van der Waals surface area contributed by atoms with Crippen LogP contribution in [-0.4, -0.2) is 86.1 Å².